The summed E-state index contributed by atoms with van der Waals surface area (Å²) in [6, 6.07) is 5.97. The Bertz CT molecular complexity index is 593. The standard InChI is InChI=1S/C15H19Cl2N3/c1-4-13(10-6-7-11(16)12(17)8-10)18-15-9-20(3)19-14(15)5-2/h6-9,13,18H,4-5H2,1-3H3. The normalized spacial score (nSPS) is 12.4. The predicted molar refractivity (Wildman–Crippen MR) is 85.7 cm³/mol. The highest BCUT2D eigenvalue weighted by Gasteiger charge is 2.14. The van der Waals surface area contributed by atoms with Gasteiger partial charge in [0.05, 0.1) is 27.5 Å². The number of hydrogen-bond acceptors (Lipinski definition) is 2. The van der Waals surface area contributed by atoms with E-state index in [4.69, 9.17) is 23.2 Å². The molecule has 0 aliphatic carbocycles. The molecule has 1 N–H and O–H groups in total. The monoisotopic (exact) mass is 311 g/mol. The molecule has 0 aliphatic heterocycles. The number of aryl methyl sites for hydroxylation is 2. The molecule has 0 saturated carbocycles. The summed E-state index contributed by atoms with van der Waals surface area (Å²) in [4.78, 5) is 0. The van der Waals surface area contributed by atoms with E-state index in [2.05, 4.69) is 24.3 Å². The molecule has 0 aliphatic rings. The molecular weight excluding hydrogens is 293 g/mol. The van der Waals surface area contributed by atoms with E-state index >= 15 is 0 Å². The van der Waals surface area contributed by atoms with Crippen LogP contribution >= 0.6 is 23.2 Å². The Hall–Kier alpha value is -1.19. The molecule has 2 aromatic rings. The molecule has 1 heterocycles. The minimum atomic E-state index is 0.194. The third-order valence-electron chi connectivity index (χ3n) is 3.32. The molecule has 0 saturated heterocycles. The molecule has 1 aromatic heterocycles. The summed E-state index contributed by atoms with van der Waals surface area (Å²) in [5, 5.41) is 9.17. The van der Waals surface area contributed by atoms with E-state index in [1.54, 1.807) is 0 Å². The van der Waals surface area contributed by atoms with Gasteiger partial charge in [-0.2, -0.15) is 5.10 Å². The molecule has 0 bridgehead atoms. The van der Waals surface area contributed by atoms with Crippen molar-refractivity contribution < 1.29 is 0 Å². The molecule has 108 valence electrons. The van der Waals surface area contributed by atoms with E-state index in [0.717, 1.165) is 29.8 Å². The summed E-state index contributed by atoms with van der Waals surface area (Å²) in [6.07, 6.45) is 3.87. The molecule has 1 atom stereocenters. The van der Waals surface area contributed by atoms with Crippen molar-refractivity contribution in [1.82, 2.24) is 9.78 Å². The van der Waals surface area contributed by atoms with Gasteiger partial charge in [-0.25, -0.2) is 0 Å². The van der Waals surface area contributed by atoms with Crippen LogP contribution < -0.4 is 5.32 Å². The lowest BCUT2D eigenvalue weighted by molar-refractivity contribution is 0.746. The Balaban J connectivity index is 2.26. The number of benzene rings is 1. The zero-order chi connectivity index (χ0) is 14.7. The number of anilines is 1. The molecule has 20 heavy (non-hydrogen) atoms. The van der Waals surface area contributed by atoms with Gasteiger partial charge in [-0.1, -0.05) is 43.1 Å². The molecular formula is C15H19Cl2N3. The average molecular weight is 312 g/mol. The smallest absolute Gasteiger partial charge is 0.0853 e. The topological polar surface area (TPSA) is 29.9 Å². The Kier molecular flexibility index (Phi) is 4.95. The number of nitrogens with zero attached hydrogens (tertiary/aromatic N) is 2. The van der Waals surface area contributed by atoms with E-state index in [0.29, 0.717) is 10.0 Å². The van der Waals surface area contributed by atoms with E-state index in [1.807, 2.05) is 36.1 Å². The quantitative estimate of drug-likeness (QED) is 0.855. The highest BCUT2D eigenvalue weighted by atomic mass is 35.5. The molecule has 2 rings (SSSR count). The van der Waals surface area contributed by atoms with Gasteiger partial charge >= 0.3 is 0 Å². The minimum Gasteiger partial charge on any atom is -0.375 e. The minimum absolute atomic E-state index is 0.194. The summed E-state index contributed by atoms with van der Waals surface area (Å²) in [5.74, 6) is 0. The van der Waals surface area contributed by atoms with Crippen molar-refractivity contribution in [3.05, 3.63) is 45.7 Å². The number of rotatable bonds is 5. The predicted octanol–water partition coefficient (Wildman–Crippen LogP) is 4.85. The molecule has 0 amide bonds. The summed E-state index contributed by atoms with van der Waals surface area (Å²) in [7, 11) is 1.93. The molecule has 1 aromatic carbocycles. The Morgan fingerprint density at radius 1 is 1.25 bits per heavy atom. The van der Waals surface area contributed by atoms with Crippen molar-refractivity contribution in [3.63, 3.8) is 0 Å². The van der Waals surface area contributed by atoms with Crippen LogP contribution in [0, 0.1) is 0 Å². The van der Waals surface area contributed by atoms with Crippen LogP contribution in [0.3, 0.4) is 0 Å². The number of halogens is 2. The van der Waals surface area contributed by atoms with Crippen molar-refractivity contribution in [3.8, 4) is 0 Å². The Morgan fingerprint density at radius 3 is 2.60 bits per heavy atom. The van der Waals surface area contributed by atoms with Gasteiger partial charge in [0.2, 0.25) is 0 Å². The first-order valence-electron chi connectivity index (χ1n) is 6.79. The SMILES string of the molecule is CCc1nn(C)cc1NC(CC)c1ccc(Cl)c(Cl)c1. The van der Waals surface area contributed by atoms with Gasteiger partial charge in [-0.3, -0.25) is 4.68 Å². The number of hydrogen-bond donors (Lipinski definition) is 1. The van der Waals surface area contributed by atoms with Gasteiger partial charge in [-0.05, 0) is 30.5 Å². The maximum Gasteiger partial charge on any atom is 0.0853 e. The summed E-state index contributed by atoms with van der Waals surface area (Å²) >= 11 is 12.1. The molecule has 0 radical (unpaired) electrons. The summed E-state index contributed by atoms with van der Waals surface area (Å²) in [6.45, 7) is 4.25. The van der Waals surface area contributed by atoms with Crippen LogP contribution in [-0.2, 0) is 13.5 Å². The van der Waals surface area contributed by atoms with Crippen LogP contribution in [0.15, 0.2) is 24.4 Å². The first-order chi connectivity index (χ1) is 9.55. The second kappa shape index (κ2) is 6.51. The zero-order valence-corrected chi connectivity index (χ0v) is 13.5. The Labute approximate surface area is 129 Å². The van der Waals surface area contributed by atoms with Gasteiger partial charge in [0.15, 0.2) is 0 Å². The largest absolute Gasteiger partial charge is 0.375 e. The highest BCUT2D eigenvalue weighted by molar-refractivity contribution is 6.42. The lowest BCUT2D eigenvalue weighted by Crippen LogP contribution is -2.10. The van der Waals surface area contributed by atoms with E-state index in [9.17, 15) is 0 Å². The molecule has 0 spiro atoms. The van der Waals surface area contributed by atoms with Gasteiger partial charge in [0, 0.05) is 13.2 Å². The average Bonchev–Trinajstić information content (AvgIpc) is 2.79. The second-order valence-corrected chi connectivity index (χ2v) is 5.61. The van der Waals surface area contributed by atoms with Crippen LogP contribution in [0.5, 0.6) is 0 Å². The number of nitrogens with one attached hydrogen (secondary N) is 1. The fourth-order valence-corrected chi connectivity index (χ4v) is 2.56. The van der Waals surface area contributed by atoms with Crippen molar-refractivity contribution >= 4 is 28.9 Å². The lowest BCUT2D eigenvalue weighted by Gasteiger charge is -2.19. The van der Waals surface area contributed by atoms with Gasteiger partial charge in [0.1, 0.15) is 0 Å². The summed E-state index contributed by atoms with van der Waals surface area (Å²) in [5.41, 5.74) is 3.28. The molecule has 0 fully saturated rings. The first kappa shape index (κ1) is 15.2. The third-order valence-corrected chi connectivity index (χ3v) is 4.06. The number of aromatic nitrogens is 2. The van der Waals surface area contributed by atoms with E-state index in [1.165, 1.54) is 0 Å². The van der Waals surface area contributed by atoms with Crippen molar-refractivity contribution in [2.24, 2.45) is 7.05 Å². The van der Waals surface area contributed by atoms with E-state index < -0.39 is 0 Å². The fourth-order valence-electron chi connectivity index (χ4n) is 2.25. The Morgan fingerprint density at radius 2 is 2.00 bits per heavy atom. The van der Waals surface area contributed by atoms with Crippen molar-refractivity contribution in [1.29, 1.82) is 0 Å². The van der Waals surface area contributed by atoms with Crippen LogP contribution in [0.1, 0.15) is 37.6 Å². The second-order valence-electron chi connectivity index (χ2n) is 4.80. The molecule has 5 heteroatoms. The van der Waals surface area contributed by atoms with Crippen LogP contribution in [-0.4, -0.2) is 9.78 Å². The zero-order valence-electron chi connectivity index (χ0n) is 12.0. The maximum atomic E-state index is 6.10. The third kappa shape index (κ3) is 3.28. The maximum absolute atomic E-state index is 6.10. The molecule has 1 unspecified atom stereocenters. The van der Waals surface area contributed by atoms with Crippen molar-refractivity contribution in [2.45, 2.75) is 32.7 Å². The van der Waals surface area contributed by atoms with Gasteiger partial charge < -0.3 is 5.32 Å². The van der Waals surface area contributed by atoms with Crippen LogP contribution in [0.2, 0.25) is 10.0 Å². The lowest BCUT2D eigenvalue weighted by atomic mass is 10.0. The first-order valence-corrected chi connectivity index (χ1v) is 7.54. The van der Waals surface area contributed by atoms with Gasteiger partial charge in [0.25, 0.3) is 0 Å². The summed E-state index contributed by atoms with van der Waals surface area (Å²) < 4.78 is 1.84. The van der Waals surface area contributed by atoms with Crippen LogP contribution in [0.25, 0.3) is 0 Å². The van der Waals surface area contributed by atoms with Crippen LogP contribution in [0.4, 0.5) is 5.69 Å². The fraction of sp³-hybridized carbons (Fsp3) is 0.400. The highest BCUT2D eigenvalue weighted by Crippen LogP contribution is 2.29. The van der Waals surface area contributed by atoms with E-state index in [-0.39, 0.29) is 6.04 Å². The molecule has 3 nitrogen and oxygen atoms in total. The van der Waals surface area contributed by atoms with Crippen molar-refractivity contribution in [2.75, 3.05) is 5.32 Å². The van der Waals surface area contributed by atoms with Gasteiger partial charge in [-0.15, -0.1) is 0 Å².